The van der Waals surface area contributed by atoms with Gasteiger partial charge in [0.2, 0.25) is 11.8 Å². The molecule has 26 atom stereocenters. The second kappa shape index (κ2) is 23.1. The van der Waals surface area contributed by atoms with Gasteiger partial charge in [-0.1, -0.05) is 0 Å². The van der Waals surface area contributed by atoms with E-state index in [0.29, 0.717) is 0 Å². The first kappa shape index (κ1) is 55.4. The molecule has 388 valence electrons. The molecular weight excluding hydrogens is 920 g/mol. The Morgan fingerprint density at radius 1 is 0.642 bits per heavy atom. The Bertz CT molecular complexity index is 1640. The van der Waals surface area contributed by atoms with Gasteiger partial charge in [0.05, 0.1) is 44.7 Å². The number of ether oxygens (including phenoxy) is 9. The smallest absolute Gasteiger partial charge is 0.364 e. The average molecular weight is 983 g/mol. The molecule has 67 heavy (non-hydrogen) atoms. The molecule has 30 nitrogen and oxygen atoms in total. The van der Waals surface area contributed by atoms with Gasteiger partial charge in [-0.05, 0) is 6.92 Å². The van der Waals surface area contributed by atoms with Crippen LogP contribution in [0.25, 0.3) is 0 Å². The monoisotopic (exact) mass is 982 g/mol. The lowest BCUT2D eigenvalue weighted by molar-refractivity contribution is -0.391. The molecule has 5 saturated heterocycles. The van der Waals surface area contributed by atoms with Gasteiger partial charge in [0.1, 0.15) is 110 Å². The molecule has 0 aliphatic carbocycles. The van der Waals surface area contributed by atoms with E-state index in [-0.39, 0.29) is 0 Å². The van der Waals surface area contributed by atoms with Crippen molar-refractivity contribution in [3.8, 4) is 0 Å². The summed E-state index contributed by atoms with van der Waals surface area (Å²) in [5.74, 6) is -6.96. The van der Waals surface area contributed by atoms with Crippen LogP contribution < -0.4 is 10.6 Å². The average Bonchev–Trinajstić information content (AvgIpc) is 3.28. The molecule has 5 rings (SSSR count). The number of aliphatic hydroxyl groups excluding tert-OH is 15. The number of carboxylic acid groups (broad SMARTS) is 1. The van der Waals surface area contributed by atoms with Gasteiger partial charge in [-0.3, -0.25) is 9.59 Å². The van der Waals surface area contributed by atoms with Crippen molar-refractivity contribution in [2.45, 2.75) is 186 Å². The van der Waals surface area contributed by atoms with Crippen LogP contribution >= 0.6 is 0 Å². The summed E-state index contributed by atoms with van der Waals surface area (Å²) >= 11 is 0. The molecule has 1 unspecified atom stereocenters. The second-order valence-corrected chi connectivity index (χ2v) is 16.9. The SMILES string of the molecule is CC(=O)N[C@H]1[C@H](OC[C@H]2OC(O)[C@H](O)[C@@H](O)[C@H]2O)O[C@H](CO)[C@@H](O[C@@H]2O[C@@H](C)[C@@H](O)[C@@H](O)[C@@H]2O)[C@@H]1O[C@@H]1O[C@H](CO)[C@H](O)[C@H](O[C@]2(C(=O)O)C[C@H](O)[C@@H](NC(C)=O)[C@H]([C@H](O)[C@H](O)CO)O2)[C@H]1O. The highest BCUT2D eigenvalue weighted by molar-refractivity contribution is 5.76. The topological polar surface area (TPSA) is 482 Å². The third kappa shape index (κ3) is 12.0. The fourth-order valence-electron chi connectivity index (χ4n) is 8.37. The number of carboxylic acids is 1. The highest BCUT2D eigenvalue weighted by Crippen LogP contribution is 2.39. The molecule has 0 bridgehead atoms. The van der Waals surface area contributed by atoms with Gasteiger partial charge in [0.25, 0.3) is 5.79 Å². The summed E-state index contributed by atoms with van der Waals surface area (Å²) in [5, 5.41) is 174. The molecule has 5 aliphatic heterocycles. The second-order valence-electron chi connectivity index (χ2n) is 16.9. The predicted molar refractivity (Wildman–Crippen MR) is 206 cm³/mol. The van der Waals surface area contributed by atoms with Crippen molar-refractivity contribution in [2.24, 2.45) is 0 Å². The van der Waals surface area contributed by atoms with Crippen molar-refractivity contribution in [1.29, 1.82) is 0 Å². The molecule has 5 aliphatic rings. The number of carbonyl (C=O) groups excluding carboxylic acids is 2. The molecule has 0 saturated carbocycles. The van der Waals surface area contributed by atoms with Gasteiger partial charge in [-0.25, -0.2) is 4.79 Å². The van der Waals surface area contributed by atoms with Crippen molar-refractivity contribution in [3.05, 3.63) is 0 Å². The number of carbonyl (C=O) groups is 3. The Balaban J connectivity index is 1.54. The Morgan fingerprint density at radius 3 is 1.79 bits per heavy atom. The highest BCUT2D eigenvalue weighted by atomic mass is 16.8. The van der Waals surface area contributed by atoms with E-state index in [1.807, 2.05) is 0 Å². The van der Waals surface area contributed by atoms with Crippen LogP contribution in [0.4, 0.5) is 0 Å². The summed E-state index contributed by atoms with van der Waals surface area (Å²) in [4.78, 5) is 37.9. The summed E-state index contributed by atoms with van der Waals surface area (Å²) in [5.41, 5.74) is 0. The van der Waals surface area contributed by atoms with E-state index in [4.69, 9.17) is 42.6 Å². The number of rotatable bonds is 17. The maximum Gasteiger partial charge on any atom is 0.364 e. The van der Waals surface area contributed by atoms with E-state index in [1.165, 1.54) is 6.92 Å². The van der Waals surface area contributed by atoms with E-state index in [0.717, 1.165) is 13.8 Å². The van der Waals surface area contributed by atoms with Gasteiger partial charge < -0.3 is 135 Å². The van der Waals surface area contributed by atoms with Crippen LogP contribution in [0, 0.1) is 0 Å². The van der Waals surface area contributed by atoms with E-state index in [1.54, 1.807) is 0 Å². The summed E-state index contributed by atoms with van der Waals surface area (Å²) in [6, 6.07) is -3.42. The van der Waals surface area contributed by atoms with Crippen LogP contribution in [0.3, 0.4) is 0 Å². The van der Waals surface area contributed by atoms with Crippen molar-refractivity contribution in [3.63, 3.8) is 0 Å². The zero-order valence-electron chi connectivity index (χ0n) is 36.0. The minimum atomic E-state index is -3.20. The number of aliphatic carboxylic acids is 1. The molecule has 0 aromatic heterocycles. The number of hydrogen-bond acceptors (Lipinski definition) is 27. The van der Waals surface area contributed by atoms with E-state index < -0.39 is 210 Å². The van der Waals surface area contributed by atoms with E-state index in [9.17, 15) is 96.1 Å². The summed E-state index contributed by atoms with van der Waals surface area (Å²) in [7, 11) is 0. The molecule has 2 amide bonds. The third-order valence-corrected chi connectivity index (χ3v) is 12.0. The molecule has 0 spiro atoms. The Kier molecular flexibility index (Phi) is 19.1. The van der Waals surface area contributed by atoms with Gasteiger partial charge in [0, 0.05) is 20.3 Å². The summed E-state index contributed by atoms with van der Waals surface area (Å²) in [6.07, 6.45) is -46.0. The molecule has 0 aromatic carbocycles. The Morgan fingerprint density at radius 2 is 1.21 bits per heavy atom. The quantitative estimate of drug-likeness (QED) is 0.0643. The summed E-state index contributed by atoms with van der Waals surface area (Å²) in [6.45, 7) is -0.809. The molecular formula is C37H62N2O28. The van der Waals surface area contributed by atoms with Crippen molar-refractivity contribution in [2.75, 3.05) is 26.4 Å². The molecule has 5 fully saturated rings. The minimum absolute atomic E-state index is 0.806. The van der Waals surface area contributed by atoms with Gasteiger partial charge in [-0.15, -0.1) is 0 Å². The van der Waals surface area contributed by atoms with Crippen LogP contribution in [0.2, 0.25) is 0 Å². The van der Waals surface area contributed by atoms with Crippen LogP contribution in [0.15, 0.2) is 0 Å². The standard InChI is InChI=1S/C37H62N2O28/c1-9-19(47)23(51)26(54)34(60-9)64-28-15(7-42)63-33(59-8-16-21(49)24(52)25(53)32(56)61-16)18(39-11(3)44)30(28)65-35-27(55)31(22(50)14(6-41)62-35)67-37(36(57)58)4-12(45)17(38-10(2)43)29(66-37)20(48)13(46)5-40/h9,12-35,40-42,45-56H,4-8H2,1-3H3,(H,38,43)(H,39,44)(H,57,58)/t9-,12-,13+,14+,15+,16+,17+,18+,19+,20+,21-,22-,23+,24-,25+,26-,27+,28+,29+,30+,31-,32?,33+,34-,35-,37-/m0/s1. The lowest BCUT2D eigenvalue weighted by Gasteiger charge is -2.52. The van der Waals surface area contributed by atoms with E-state index in [2.05, 4.69) is 10.6 Å². The minimum Gasteiger partial charge on any atom is -0.477 e. The zero-order chi connectivity index (χ0) is 50.0. The largest absolute Gasteiger partial charge is 0.477 e. The molecule has 0 aromatic rings. The van der Waals surface area contributed by atoms with E-state index >= 15 is 0 Å². The Labute approximate surface area is 379 Å². The van der Waals surface area contributed by atoms with Crippen LogP contribution in [-0.4, -0.2) is 285 Å². The lowest BCUT2D eigenvalue weighted by Crippen LogP contribution is -2.71. The molecule has 18 N–H and O–H groups in total. The van der Waals surface area contributed by atoms with Crippen molar-refractivity contribution in [1.82, 2.24) is 10.6 Å². The first-order valence-electron chi connectivity index (χ1n) is 21.1. The van der Waals surface area contributed by atoms with Gasteiger partial charge >= 0.3 is 5.97 Å². The Hall–Kier alpha value is -2.55. The third-order valence-electron chi connectivity index (χ3n) is 12.0. The number of aliphatic hydroxyl groups is 15. The number of nitrogens with one attached hydrogen (secondary N) is 2. The fraction of sp³-hybridized carbons (Fsp3) is 0.919. The van der Waals surface area contributed by atoms with Crippen LogP contribution in [-0.2, 0) is 57.0 Å². The van der Waals surface area contributed by atoms with Crippen LogP contribution in [0.5, 0.6) is 0 Å². The summed E-state index contributed by atoms with van der Waals surface area (Å²) < 4.78 is 51.8. The predicted octanol–water partition coefficient (Wildman–Crippen LogP) is -11.4. The first-order valence-corrected chi connectivity index (χ1v) is 21.1. The molecule has 5 heterocycles. The first-order chi connectivity index (χ1) is 31.4. The highest BCUT2D eigenvalue weighted by Gasteiger charge is 2.61. The van der Waals surface area contributed by atoms with Gasteiger partial charge in [0.15, 0.2) is 25.2 Å². The lowest BCUT2D eigenvalue weighted by atomic mass is 9.88. The van der Waals surface area contributed by atoms with Crippen LogP contribution in [0.1, 0.15) is 27.2 Å². The number of amides is 2. The number of hydrogen-bond donors (Lipinski definition) is 18. The fourth-order valence-corrected chi connectivity index (χ4v) is 8.37. The molecule has 30 heteroatoms. The zero-order valence-corrected chi connectivity index (χ0v) is 36.0. The molecule has 0 radical (unpaired) electrons. The normalized spacial score (nSPS) is 47.1. The maximum absolute atomic E-state index is 13.1. The van der Waals surface area contributed by atoms with Crippen molar-refractivity contribution < 1.29 is 139 Å². The maximum atomic E-state index is 13.1. The van der Waals surface area contributed by atoms with Gasteiger partial charge in [-0.2, -0.15) is 0 Å². The van der Waals surface area contributed by atoms with Crippen molar-refractivity contribution >= 4 is 17.8 Å².